The van der Waals surface area contributed by atoms with Gasteiger partial charge in [0.2, 0.25) is 0 Å². The largest absolute Gasteiger partial charge is 0.370 e. The molecule has 3 aromatic rings. The number of anilines is 1. The number of ether oxygens (including phenoxy) is 1. The molecular formula is C22H21BrF2N4O2. The maximum absolute atomic E-state index is 14.1. The lowest BCUT2D eigenvalue weighted by molar-refractivity contribution is 0.103. The molecule has 2 amide bonds. The fourth-order valence-corrected chi connectivity index (χ4v) is 3.97. The minimum Gasteiger partial charge on any atom is -0.370 e. The van der Waals surface area contributed by atoms with Crippen LogP contribution in [0.4, 0.5) is 19.3 Å². The fourth-order valence-electron chi connectivity index (χ4n) is 3.64. The van der Waals surface area contributed by atoms with Gasteiger partial charge in [0.05, 0.1) is 31.1 Å². The number of amides is 2. The molecule has 0 unspecified atom stereocenters. The van der Waals surface area contributed by atoms with Crippen LogP contribution in [0.3, 0.4) is 0 Å². The summed E-state index contributed by atoms with van der Waals surface area (Å²) in [5, 5.41) is 7.17. The summed E-state index contributed by atoms with van der Waals surface area (Å²) < 4.78 is 35.5. The van der Waals surface area contributed by atoms with Gasteiger partial charge >= 0.3 is 6.03 Å². The van der Waals surface area contributed by atoms with Gasteiger partial charge in [0.1, 0.15) is 11.6 Å². The molecule has 0 saturated heterocycles. The molecule has 31 heavy (non-hydrogen) atoms. The minimum atomic E-state index is -0.506. The SMILES string of the molecule is Cn1nc(COCc2cccc(F)c2)c2c1CCN(C(=O)Nc1ccc(Br)cc1F)C2. The van der Waals surface area contributed by atoms with Crippen LogP contribution in [0.1, 0.15) is 22.5 Å². The number of hydrogen-bond donors (Lipinski definition) is 1. The molecule has 6 nitrogen and oxygen atoms in total. The lowest BCUT2D eigenvalue weighted by atomic mass is 10.1. The summed E-state index contributed by atoms with van der Waals surface area (Å²) in [6, 6.07) is 10.4. The molecule has 4 rings (SSSR count). The first kappa shape index (κ1) is 21.5. The predicted molar refractivity (Wildman–Crippen MR) is 115 cm³/mol. The second-order valence-corrected chi connectivity index (χ2v) is 8.26. The number of nitrogens with zero attached hydrogens (tertiary/aromatic N) is 3. The molecule has 1 aromatic heterocycles. The predicted octanol–water partition coefficient (Wildman–Crippen LogP) is 4.77. The van der Waals surface area contributed by atoms with Gasteiger partial charge < -0.3 is 15.0 Å². The Labute approximate surface area is 186 Å². The van der Waals surface area contributed by atoms with Crippen LogP contribution in [0.15, 0.2) is 46.9 Å². The van der Waals surface area contributed by atoms with Gasteiger partial charge in [0.25, 0.3) is 0 Å². The average Bonchev–Trinajstić information content (AvgIpc) is 3.05. The van der Waals surface area contributed by atoms with E-state index in [-0.39, 0.29) is 30.7 Å². The number of aromatic nitrogens is 2. The Morgan fingerprint density at radius 2 is 2.06 bits per heavy atom. The standard InChI is InChI=1S/C22H21BrF2N4O2/c1-28-21-7-8-29(22(30)26-19-6-5-15(23)10-18(19)25)11-17(21)20(27-28)13-31-12-14-3-2-4-16(24)9-14/h2-6,9-10H,7-8,11-13H2,1H3,(H,26,30). The van der Waals surface area contributed by atoms with Crippen LogP contribution in [0.2, 0.25) is 0 Å². The highest BCUT2D eigenvalue weighted by molar-refractivity contribution is 9.10. The summed E-state index contributed by atoms with van der Waals surface area (Å²) in [5.41, 5.74) is 3.58. The number of fused-ring (bicyclic) bond motifs is 1. The van der Waals surface area contributed by atoms with Crippen molar-refractivity contribution >= 4 is 27.6 Å². The van der Waals surface area contributed by atoms with Gasteiger partial charge in [0.15, 0.2) is 0 Å². The molecule has 162 valence electrons. The molecule has 0 atom stereocenters. The van der Waals surface area contributed by atoms with E-state index in [9.17, 15) is 13.6 Å². The summed E-state index contributed by atoms with van der Waals surface area (Å²) in [6.07, 6.45) is 0.638. The molecule has 0 saturated carbocycles. The number of rotatable bonds is 5. The Morgan fingerprint density at radius 1 is 1.23 bits per heavy atom. The summed E-state index contributed by atoms with van der Waals surface area (Å²) >= 11 is 3.20. The van der Waals surface area contributed by atoms with Gasteiger partial charge in [-0.1, -0.05) is 28.1 Å². The molecule has 0 fully saturated rings. The van der Waals surface area contributed by atoms with E-state index in [4.69, 9.17) is 4.74 Å². The van der Waals surface area contributed by atoms with Crippen LogP contribution < -0.4 is 5.32 Å². The average molecular weight is 491 g/mol. The summed E-state index contributed by atoms with van der Waals surface area (Å²) in [5.74, 6) is -0.812. The second kappa shape index (κ2) is 9.15. The molecule has 1 N–H and O–H groups in total. The quantitative estimate of drug-likeness (QED) is 0.560. The zero-order chi connectivity index (χ0) is 22.0. The first-order chi connectivity index (χ1) is 14.9. The number of carbonyl (C=O) groups excluding carboxylic acids is 1. The zero-order valence-electron chi connectivity index (χ0n) is 16.9. The van der Waals surface area contributed by atoms with Crippen molar-refractivity contribution in [3.05, 3.63) is 81.1 Å². The number of urea groups is 1. The summed E-state index contributed by atoms with van der Waals surface area (Å²) in [4.78, 5) is 14.3. The van der Waals surface area contributed by atoms with Crippen molar-refractivity contribution in [1.82, 2.24) is 14.7 Å². The Morgan fingerprint density at radius 3 is 2.84 bits per heavy atom. The molecule has 9 heteroatoms. The Balaban J connectivity index is 1.42. The lowest BCUT2D eigenvalue weighted by Gasteiger charge is -2.28. The van der Waals surface area contributed by atoms with Crippen LogP contribution in [-0.2, 0) is 38.0 Å². The first-order valence-corrected chi connectivity index (χ1v) is 10.6. The minimum absolute atomic E-state index is 0.129. The highest BCUT2D eigenvalue weighted by Gasteiger charge is 2.27. The monoisotopic (exact) mass is 490 g/mol. The molecule has 0 bridgehead atoms. The smallest absolute Gasteiger partial charge is 0.322 e. The molecule has 2 aromatic carbocycles. The van der Waals surface area contributed by atoms with Gasteiger partial charge in [-0.05, 0) is 35.9 Å². The molecule has 2 heterocycles. The molecule has 1 aliphatic heterocycles. The highest BCUT2D eigenvalue weighted by Crippen LogP contribution is 2.25. The molecule has 1 aliphatic rings. The summed E-state index contributed by atoms with van der Waals surface area (Å²) in [6.45, 7) is 1.36. The van der Waals surface area contributed by atoms with Crippen LogP contribution in [0, 0.1) is 11.6 Å². The molecule has 0 spiro atoms. The number of aryl methyl sites for hydroxylation is 1. The van der Waals surface area contributed by atoms with Crippen molar-refractivity contribution in [2.45, 2.75) is 26.2 Å². The van der Waals surface area contributed by atoms with E-state index in [0.717, 1.165) is 22.5 Å². The number of benzene rings is 2. The lowest BCUT2D eigenvalue weighted by Crippen LogP contribution is -2.39. The van der Waals surface area contributed by atoms with E-state index in [1.54, 1.807) is 27.8 Å². The molecular weight excluding hydrogens is 470 g/mol. The van der Waals surface area contributed by atoms with Crippen LogP contribution in [0.5, 0.6) is 0 Å². The van der Waals surface area contributed by atoms with E-state index in [1.807, 2.05) is 7.05 Å². The number of nitrogens with one attached hydrogen (secondary N) is 1. The van der Waals surface area contributed by atoms with Crippen molar-refractivity contribution in [3.63, 3.8) is 0 Å². The summed E-state index contributed by atoms with van der Waals surface area (Å²) in [7, 11) is 1.86. The normalized spacial score (nSPS) is 13.2. The van der Waals surface area contributed by atoms with E-state index >= 15 is 0 Å². The van der Waals surface area contributed by atoms with Crippen molar-refractivity contribution in [1.29, 1.82) is 0 Å². The van der Waals surface area contributed by atoms with E-state index in [2.05, 4.69) is 26.3 Å². The van der Waals surface area contributed by atoms with Gasteiger partial charge in [-0.25, -0.2) is 13.6 Å². The van der Waals surface area contributed by atoms with Gasteiger partial charge in [0, 0.05) is 35.7 Å². The van der Waals surface area contributed by atoms with Crippen molar-refractivity contribution in [2.24, 2.45) is 7.05 Å². The number of halogens is 3. The maximum Gasteiger partial charge on any atom is 0.322 e. The van der Waals surface area contributed by atoms with Crippen molar-refractivity contribution in [3.8, 4) is 0 Å². The second-order valence-electron chi connectivity index (χ2n) is 7.34. The van der Waals surface area contributed by atoms with Crippen molar-refractivity contribution < 1.29 is 18.3 Å². The number of hydrogen-bond acceptors (Lipinski definition) is 3. The Bertz CT molecular complexity index is 1120. The third kappa shape index (κ3) is 4.94. The van der Waals surface area contributed by atoms with Crippen LogP contribution >= 0.6 is 15.9 Å². The third-order valence-electron chi connectivity index (χ3n) is 5.18. The van der Waals surface area contributed by atoms with Crippen LogP contribution in [0.25, 0.3) is 0 Å². The van der Waals surface area contributed by atoms with E-state index < -0.39 is 5.82 Å². The van der Waals surface area contributed by atoms with Crippen molar-refractivity contribution in [2.75, 3.05) is 11.9 Å². The van der Waals surface area contributed by atoms with Crippen LogP contribution in [-0.4, -0.2) is 27.3 Å². The van der Waals surface area contributed by atoms with Gasteiger partial charge in [-0.3, -0.25) is 4.68 Å². The van der Waals surface area contributed by atoms with E-state index in [1.165, 1.54) is 24.3 Å². The maximum atomic E-state index is 14.1. The Kier molecular flexibility index (Phi) is 6.33. The van der Waals surface area contributed by atoms with E-state index in [0.29, 0.717) is 24.0 Å². The first-order valence-electron chi connectivity index (χ1n) is 9.77. The third-order valence-corrected chi connectivity index (χ3v) is 5.68. The zero-order valence-corrected chi connectivity index (χ0v) is 18.5. The van der Waals surface area contributed by atoms with Gasteiger partial charge in [-0.15, -0.1) is 0 Å². The topological polar surface area (TPSA) is 59.4 Å². The highest BCUT2D eigenvalue weighted by atomic mass is 79.9. The number of carbonyl (C=O) groups is 1. The molecule has 0 aliphatic carbocycles. The fraction of sp³-hybridized carbons (Fsp3) is 0.273. The Hall–Kier alpha value is -2.78. The molecule has 0 radical (unpaired) electrons. The van der Waals surface area contributed by atoms with Gasteiger partial charge in [-0.2, -0.15) is 5.10 Å².